The monoisotopic (exact) mass is 449 g/mol. The van der Waals surface area contributed by atoms with E-state index < -0.39 is 17.7 Å². The molecule has 0 unspecified atom stereocenters. The standard InChI is InChI=1S/C26H25F2N3O2/c27-22-12-11-21(17-23(22)28)26(33)31-15-13-30(14-16-31)24(20-9-5-2-6-10-20)25(32)29-18-19-7-3-1-4-8-19/h1-12,17,24H,13-16,18H2,(H,29,32)/t24-/m1/s1. The first-order valence-corrected chi connectivity index (χ1v) is 10.9. The molecule has 1 aliphatic heterocycles. The van der Waals surface area contributed by atoms with Crippen LogP contribution in [0.4, 0.5) is 8.78 Å². The van der Waals surface area contributed by atoms with Crippen LogP contribution in [0.1, 0.15) is 27.5 Å². The second-order valence-electron chi connectivity index (χ2n) is 7.97. The first-order valence-electron chi connectivity index (χ1n) is 10.9. The lowest BCUT2D eigenvalue weighted by atomic mass is 10.0. The Balaban J connectivity index is 1.44. The molecule has 0 saturated carbocycles. The van der Waals surface area contributed by atoms with Gasteiger partial charge in [-0.25, -0.2) is 8.78 Å². The SMILES string of the molecule is O=C(NCc1ccccc1)[C@@H](c1ccccc1)N1CCN(C(=O)c2ccc(F)c(F)c2)CC1. The quantitative estimate of drug-likeness (QED) is 0.623. The van der Waals surface area contributed by atoms with Gasteiger partial charge in [-0.1, -0.05) is 60.7 Å². The summed E-state index contributed by atoms with van der Waals surface area (Å²) in [7, 11) is 0. The molecule has 1 fully saturated rings. The minimum atomic E-state index is -1.04. The molecule has 0 spiro atoms. The van der Waals surface area contributed by atoms with Crippen LogP contribution in [0.2, 0.25) is 0 Å². The van der Waals surface area contributed by atoms with Crippen LogP contribution in [0.5, 0.6) is 0 Å². The number of hydrogen-bond donors (Lipinski definition) is 1. The molecule has 0 aliphatic carbocycles. The number of nitrogens with one attached hydrogen (secondary N) is 1. The summed E-state index contributed by atoms with van der Waals surface area (Å²) in [4.78, 5) is 29.6. The van der Waals surface area contributed by atoms with E-state index in [1.165, 1.54) is 6.07 Å². The summed E-state index contributed by atoms with van der Waals surface area (Å²) < 4.78 is 26.8. The summed E-state index contributed by atoms with van der Waals surface area (Å²) in [6, 6.07) is 21.9. The van der Waals surface area contributed by atoms with Gasteiger partial charge in [0.15, 0.2) is 11.6 Å². The van der Waals surface area contributed by atoms with E-state index in [4.69, 9.17) is 0 Å². The molecule has 0 bridgehead atoms. The number of carbonyl (C=O) groups is 2. The zero-order valence-corrected chi connectivity index (χ0v) is 18.1. The molecule has 0 aromatic heterocycles. The number of hydrogen-bond acceptors (Lipinski definition) is 3. The fourth-order valence-corrected chi connectivity index (χ4v) is 4.04. The summed E-state index contributed by atoms with van der Waals surface area (Å²) in [5.74, 6) is -2.48. The number of piperazine rings is 1. The van der Waals surface area contributed by atoms with Gasteiger partial charge in [0.05, 0.1) is 0 Å². The normalized spacial score (nSPS) is 15.2. The minimum Gasteiger partial charge on any atom is -0.350 e. The first kappa shape index (κ1) is 22.6. The van der Waals surface area contributed by atoms with Crippen molar-refractivity contribution in [3.8, 4) is 0 Å². The molecule has 5 nitrogen and oxygen atoms in total. The van der Waals surface area contributed by atoms with E-state index in [1.807, 2.05) is 65.6 Å². The van der Waals surface area contributed by atoms with Crippen LogP contribution in [0, 0.1) is 11.6 Å². The van der Waals surface area contributed by atoms with Gasteiger partial charge in [-0.05, 0) is 29.3 Å². The van der Waals surface area contributed by atoms with Crippen molar-refractivity contribution in [1.82, 2.24) is 15.1 Å². The Bertz CT molecular complexity index is 1100. The summed E-state index contributed by atoms with van der Waals surface area (Å²) in [6.07, 6.45) is 0. The van der Waals surface area contributed by atoms with Crippen molar-refractivity contribution >= 4 is 11.8 Å². The van der Waals surface area contributed by atoms with Crippen molar-refractivity contribution in [2.75, 3.05) is 26.2 Å². The third kappa shape index (κ3) is 5.43. The number of rotatable bonds is 6. The average Bonchev–Trinajstić information content (AvgIpc) is 2.86. The van der Waals surface area contributed by atoms with Gasteiger partial charge in [0.25, 0.3) is 5.91 Å². The molecule has 1 aliphatic rings. The molecule has 3 aromatic rings. The Morgan fingerprint density at radius 2 is 1.45 bits per heavy atom. The van der Waals surface area contributed by atoms with Crippen LogP contribution < -0.4 is 5.32 Å². The zero-order valence-electron chi connectivity index (χ0n) is 18.1. The fourth-order valence-electron chi connectivity index (χ4n) is 4.04. The van der Waals surface area contributed by atoms with E-state index in [2.05, 4.69) is 5.32 Å². The van der Waals surface area contributed by atoms with E-state index in [0.717, 1.165) is 23.3 Å². The van der Waals surface area contributed by atoms with Gasteiger partial charge >= 0.3 is 0 Å². The Labute approximate surface area is 191 Å². The van der Waals surface area contributed by atoms with Gasteiger partial charge in [0.1, 0.15) is 6.04 Å². The van der Waals surface area contributed by atoms with Crippen molar-refractivity contribution in [3.63, 3.8) is 0 Å². The lowest BCUT2D eigenvalue weighted by molar-refractivity contribution is -0.127. The largest absolute Gasteiger partial charge is 0.350 e. The zero-order chi connectivity index (χ0) is 23.2. The predicted molar refractivity (Wildman–Crippen MR) is 121 cm³/mol. The van der Waals surface area contributed by atoms with Crippen LogP contribution in [-0.2, 0) is 11.3 Å². The summed E-state index contributed by atoms with van der Waals surface area (Å²) in [5.41, 5.74) is 2.01. The third-order valence-corrected chi connectivity index (χ3v) is 5.81. The Hall–Kier alpha value is -3.58. The molecule has 170 valence electrons. The second kappa shape index (κ2) is 10.4. The van der Waals surface area contributed by atoms with Crippen LogP contribution in [0.15, 0.2) is 78.9 Å². The van der Waals surface area contributed by atoms with Crippen molar-refractivity contribution in [3.05, 3.63) is 107 Å². The number of amides is 2. The average molecular weight is 450 g/mol. The lowest BCUT2D eigenvalue weighted by Gasteiger charge is -2.38. The number of halogens is 2. The van der Waals surface area contributed by atoms with E-state index in [0.29, 0.717) is 32.7 Å². The molecule has 2 amide bonds. The highest BCUT2D eigenvalue weighted by Gasteiger charge is 2.32. The Morgan fingerprint density at radius 1 is 0.818 bits per heavy atom. The molecule has 1 N–H and O–H groups in total. The van der Waals surface area contributed by atoms with Gasteiger partial charge in [0.2, 0.25) is 5.91 Å². The van der Waals surface area contributed by atoms with E-state index in [9.17, 15) is 18.4 Å². The molecular weight excluding hydrogens is 424 g/mol. The maximum absolute atomic E-state index is 13.5. The van der Waals surface area contributed by atoms with Gasteiger partial charge in [0, 0.05) is 38.3 Å². The Morgan fingerprint density at radius 3 is 2.09 bits per heavy atom. The minimum absolute atomic E-state index is 0.106. The van der Waals surface area contributed by atoms with Crippen molar-refractivity contribution < 1.29 is 18.4 Å². The molecule has 1 heterocycles. The van der Waals surface area contributed by atoms with E-state index in [-0.39, 0.29) is 17.4 Å². The van der Waals surface area contributed by atoms with Gasteiger partial charge < -0.3 is 10.2 Å². The van der Waals surface area contributed by atoms with Crippen LogP contribution in [0.3, 0.4) is 0 Å². The summed E-state index contributed by atoms with van der Waals surface area (Å²) in [5, 5.41) is 3.03. The molecule has 0 radical (unpaired) electrons. The lowest BCUT2D eigenvalue weighted by Crippen LogP contribution is -2.52. The molecule has 1 atom stereocenters. The van der Waals surface area contributed by atoms with Crippen LogP contribution in [0.25, 0.3) is 0 Å². The van der Waals surface area contributed by atoms with Crippen molar-refractivity contribution in [2.24, 2.45) is 0 Å². The predicted octanol–water partition coefficient (Wildman–Crippen LogP) is 3.78. The highest BCUT2D eigenvalue weighted by atomic mass is 19.2. The highest BCUT2D eigenvalue weighted by molar-refractivity contribution is 5.94. The van der Waals surface area contributed by atoms with E-state index >= 15 is 0 Å². The molecular formula is C26H25F2N3O2. The highest BCUT2D eigenvalue weighted by Crippen LogP contribution is 2.23. The molecule has 1 saturated heterocycles. The molecule has 33 heavy (non-hydrogen) atoms. The first-order chi connectivity index (χ1) is 16.0. The maximum atomic E-state index is 13.5. The number of benzene rings is 3. The van der Waals surface area contributed by atoms with E-state index in [1.54, 1.807) is 4.90 Å². The molecule has 7 heteroatoms. The Kier molecular flexibility index (Phi) is 7.10. The summed E-state index contributed by atoms with van der Waals surface area (Å²) in [6.45, 7) is 2.15. The fraction of sp³-hybridized carbons (Fsp3) is 0.231. The van der Waals surface area contributed by atoms with Crippen LogP contribution >= 0.6 is 0 Å². The number of nitrogens with zero attached hydrogens (tertiary/aromatic N) is 2. The topological polar surface area (TPSA) is 52.7 Å². The van der Waals surface area contributed by atoms with Gasteiger partial charge in [-0.3, -0.25) is 14.5 Å². The van der Waals surface area contributed by atoms with Crippen molar-refractivity contribution in [1.29, 1.82) is 0 Å². The van der Waals surface area contributed by atoms with Crippen LogP contribution in [-0.4, -0.2) is 47.8 Å². The van der Waals surface area contributed by atoms with Crippen molar-refractivity contribution in [2.45, 2.75) is 12.6 Å². The maximum Gasteiger partial charge on any atom is 0.254 e. The van der Waals surface area contributed by atoms with Gasteiger partial charge in [-0.15, -0.1) is 0 Å². The third-order valence-electron chi connectivity index (χ3n) is 5.81. The smallest absolute Gasteiger partial charge is 0.254 e. The summed E-state index contributed by atoms with van der Waals surface area (Å²) >= 11 is 0. The number of carbonyl (C=O) groups excluding carboxylic acids is 2. The molecule has 4 rings (SSSR count). The second-order valence-corrected chi connectivity index (χ2v) is 7.97. The molecule has 3 aromatic carbocycles. The van der Waals surface area contributed by atoms with Gasteiger partial charge in [-0.2, -0.15) is 0 Å².